The second-order valence-corrected chi connectivity index (χ2v) is 5.55. The number of nitro groups is 1. The number of anilines is 1. The van der Waals surface area contributed by atoms with Gasteiger partial charge in [-0.1, -0.05) is 6.92 Å². The fourth-order valence-electron chi connectivity index (χ4n) is 1.44. The van der Waals surface area contributed by atoms with E-state index in [0.717, 1.165) is 12.1 Å². The lowest BCUT2D eigenvalue weighted by Crippen LogP contribution is -2.10. The summed E-state index contributed by atoms with van der Waals surface area (Å²) in [6.07, 6.45) is 2.41. The molecule has 1 unspecified atom stereocenters. The van der Waals surface area contributed by atoms with Gasteiger partial charge in [-0.25, -0.2) is 0 Å². The van der Waals surface area contributed by atoms with Gasteiger partial charge in [-0.05, 0) is 12.5 Å². The second kappa shape index (κ2) is 7.73. The minimum Gasteiger partial charge on any atom is -0.487 e. The van der Waals surface area contributed by atoms with Crippen molar-refractivity contribution in [1.29, 1.82) is 0 Å². The van der Waals surface area contributed by atoms with Gasteiger partial charge in [0.05, 0.1) is 11.5 Å². The van der Waals surface area contributed by atoms with E-state index < -0.39 is 15.7 Å². The average Bonchev–Trinajstić information content (AvgIpc) is 2.35. The van der Waals surface area contributed by atoms with Crippen LogP contribution in [0.1, 0.15) is 13.3 Å². The monoisotopic (exact) mass is 286 g/mol. The first kappa shape index (κ1) is 15.4. The predicted molar refractivity (Wildman–Crippen MR) is 76.3 cm³/mol. The van der Waals surface area contributed by atoms with Gasteiger partial charge in [-0.2, -0.15) is 0 Å². The van der Waals surface area contributed by atoms with Crippen LogP contribution < -0.4 is 10.1 Å². The van der Waals surface area contributed by atoms with Crippen LogP contribution in [0.15, 0.2) is 18.2 Å². The highest BCUT2D eigenvalue weighted by atomic mass is 32.2. The van der Waals surface area contributed by atoms with Gasteiger partial charge in [0.1, 0.15) is 0 Å². The first-order valence-electron chi connectivity index (χ1n) is 5.99. The van der Waals surface area contributed by atoms with Crippen molar-refractivity contribution in [3.05, 3.63) is 28.3 Å². The van der Waals surface area contributed by atoms with Crippen LogP contribution in [0.4, 0.5) is 11.4 Å². The van der Waals surface area contributed by atoms with Crippen molar-refractivity contribution in [1.82, 2.24) is 0 Å². The Balaban J connectivity index is 2.78. The molecule has 1 N–H and O–H groups in total. The third-order valence-electron chi connectivity index (χ3n) is 2.34. The third-order valence-corrected chi connectivity index (χ3v) is 3.12. The van der Waals surface area contributed by atoms with Crippen LogP contribution in [0, 0.1) is 10.1 Å². The summed E-state index contributed by atoms with van der Waals surface area (Å²) >= 11 is 0. The van der Waals surface area contributed by atoms with E-state index in [0.29, 0.717) is 18.9 Å². The Morgan fingerprint density at radius 2 is 2.21 bits per heavy atom. The molecule has 7 heteroatoms. The number of hydrogen-bond donors (Lipinski definition) is 1. The maximum absolute atomic E-state index is 10.9. The summed E-state index contributed by atoms with van der Waals surface area (Å²) in [5.74, 6) is 0.789. The Bertz CT molecular complexity index is 465. The quantitative estimate of drug-likeness (QED) is 0.585. The summed E-state index contributed by atoms with van der Waals surface area (Å²) in [4.78, 5) is 10.4. The Hall–Kier alpha value is -1.63. The third kappa shape index (κ3) is 5.25. The Kier molecular flexibility index (Phi) is 6.27. The van der Waals surface area contributed by atoms with Gasteiger partial charge >= 0.3 is 5.69 Å². The number of nitrogens with zero attached hydrogens (tertiary/aromatic N) is 1. The van der Waals surface area contributed by atoms with E-state index in [9.17, 15) is 14.3 Å². The molecule has 0 saturated carbocycles. The van der Waals surface area contributed by atoms with Crippen LogP contribution in [0.3, 0.4) is 0 Å². The summed E-state index contributed by atoms with van der Waals surface area (Å²) in [5, 5.41) is 13.9. The zero-order valence-electron chi connectivity index (χ0n) is 11.0. The lowest BCUT2D eigenvalue weighted by molar-refractivity contribution is -0.385. The summed E-state index contributed by atoms with van der Waals surface area (Å²) in [5.41, 5.74) is 0.681. The Morgan fingerprint density at radius 3 is 2.79 bits per heavy atom. The molecule has 0 saturated heterocycles. The molecule has 19 heavy (non-hydrogen) atoms. The lowest BCUT2D eigenvalue weighted by atomic mass is 10.2. The number of hydrogen-bond acceptors (Lipinski definition) is 5. The lowest BCUT2D eigenvalue weighted by Gasteiger charge is -2.09. The fraction of sp³-hybridized carbons (Fsp3) is 0.500. The molecule has 1 aromatic carbocycles. The molecular formula is C12H18N2O4S. The molecule has 1 aromatic rings. The smallest absolute Gasteiger partial charge is 0.311 e. The molecule has 1 atom stereocenters. The summed E-state index contributed by atoms with van der Waals surface area (Å²) in [6.45, 7) is 2.92. The van der Waals surface area contributed by atoms with Gasteiger partial charge in [-0.3, -0.25) is 14.3 Å². The van der Waals surface area contributed by atoms with Gasteiger partial charge in [0.15, 0.2) is 5.75 Å². The van der Waals surface area contributed by atoms with Crippen molar-refractivity contribution in [2.75, 3.05) is 30.5 Å². The van der Waals surface area contributed by atoms with E-state index in [2.05, 4.69) is 5.32 Å². The van der Waals surface area contributed by atoms with Gasteiger partial charge in [0.2, 0.25) is 0 Å². The highest BCUT2D eigenvalue weighted by Gasteiger charge is 2.15. The molecule has 0 spiro atoms. The van der Waals surface area contributed by atoms with Crippen molar-refractivity contribution in [2.24, 2.45) is 0 Å². The maximum atomic E-state index is 10.9. The number of nitro benzene ring substituents is 1. The number of ether oxygens (including phenoxy) is 1. The largest absolute Gasteiger partial charge is 0.487 e. The first-order valence-corrected chi connectivity index (χ1v) is 7.72. The number of rotatable bonds is 8. The first-order chi connectivity index (χ1) is 9.04. The zero-order valence-corrected chi connectivity index (χ0v) is 11.9. The van der Waals surface area contributed by atoms with E-state index in [1.165, 1.54) is 6.07 Å². The van der Waals surface area contributed by atoms with Crippen molar-refractivity contribution >= 4 is 22.2 Å². The van der Waals surface area contributed by atoms with Crippen molar-refractivity contribution in [3.63, 3.8) is 0 Å². The van der Waals surface area contributed by atoms with E-state index >= 15 is 0 Å². The summed E-state index contributed by atoms with van der Waals surface area (Å²) in [7, 11) is -0.863. The molecule has 1 rings (SSSR count). The van der Waals surface area contributed by atoms with E-state index in [-0.39, 0.29) is 11.4 Å². The van der Waals surface area contributed by atoms with Gasteiger partial charge < -0.3 is 10.1 Å². The molecular weight excluding hydrogens is 268 g/mol. The molecule has 106 valence electrons. The highest BCUT2D eigenvalue weighted by molar-refractivity contribution is 7.84. The van der Waals surface area contributed by atoms with Crippen molar-refractivity contribution in [2.45, 2.75) is 13.3 Å². The predicted octanol–water partition coefficient (Wildman–Crippen LogP) is 2.17. The standard InChI is InChI=1S/C12H18N2O4S/c1-3-7-18-12-9-10(13-6-8-19(2)17)4-5-11(12)14(15)16/h4-5,9,13H,3,6-8H2,1-2H3. The minimum atomic E-state index is -0.863. The average molecular weight is 286 g/mol. The SMILES string of the molecule is CCCOc1cc(NCCS(C)=O)ccc1[N+](=O)[O-]. The van der Waals surface area contributed by atoms with E-state index in [4.69, 9.17) is 4.74 Å². The molecule has 6 nitrogen and oxygen atoms in total. The van der Waals surface area contributed by atoms with Crippen LogP contribution in [0.25, 0.3) is 0 Å². The molecule has 0 aromatic heterocycles. The molecule has 0 fully saturated rings. The second-order valence-electron chi connectivity index (χ2n) is 3.99. The normalized spacial score (nSPS) is 11.9. The van der Waals surface area contributed by atoms with Crippen molar-refractivity contribution in [3.8, 4) is 5.75 Å². The molecule has 0 radical (unpaired) electrons. The van der Waals surface area contributed by atoms with Crippen LogP contribution in [-0.2, 0) is 10.8 Å². The van der Waals surface area contributed by atoms with Crippen LogP contribution in [-0.4, -0.2) is 34.3 Å². The van der Waals surface area contributed by atoms with Crippen LogP contribution in [0.5, 0.6) is 5.75 Å². The molecule has 0 aliphatic carbocycles. The fourth-order valence-corrected chi connectivity index (χ4v) is 1.83. The van der Waals surface area contributed by atoms with Crippen LogP contribution >= 0.6 is 0 Å². The van der Waals surface area contributed by atoms with E-state index in [1.54, 1.807) is 18.4 Å². The zero-order chi connectivity index (χ0) is 14.3. The summed E-state index contributed by atoms with van der Waals surface area (Å²) < 4.78 is 16.3. The molecule has 0 heterocycles. The van der Waals surface area contributed by atoms with Crippen molar-refractivity contribution < 1.29 is 13.9 Å². The minimum absolute atomic E-state index is 0.0435. The van der Waals surface area contributed by atoms with Gasteiger partial charge in [0, 0.05) is 47.2 Å². The molecule has 0 aliphatic heterocycles. The Labute approximate surface area is 114 Å². The van der Waals surface area contributed by atoms with Gasteiger partial charge in [-0.15, -0.1) is 0 Å². The Morgan fingerprint density at radius 1 is 1.47 bits per heavy atom. The van der Waals surface area contributed by atoms with Crippen LogP contribution in [0.2, 0.25) is 0 Å². The topological polar surface area (TPSA) is 81.5 Å². The number of nitrogens with one attached hydrogen (secondary N) is 1. The summed E-state index contributed by atoms with van der Waals surface area (Å²) in [6, 6.07) is 4.64. The molecule has 0 bridgehead atoms. The maximum Gasteiger partial charge on any atom is 0.311 e. The molecule has 0 aliphatic rings. The number of benzene rings is 1. The molecule has 0 amide bonds. The van der Waals surface area contributed by atoms with E-state index in [1.807, 2.05) is 6.92 Å². The van der Waals surface area contributed by atoms with Gasteiger partial charge in [0.25, 0.3) is 0 Å². The highest BCUT2D eigenvalue weighted by Crippen LogP contribution is 2.30.